The SMILES string of the molecule is Cc1cc(C)c2[nH]c(=O)c(CN(CCCO)[C@@H](c3nnnn3C3CCCC3)C(C)C)cc2c1. The lowest BCUT2D eigenvalue weighted by molar-refractivity contribution is 0.120. The molecule has 1 aliphatic carbocycles. The number of nitrogens with one attached hydrogen (secondary N) is 1. The Kier molecular flexibility index (Phi) is 7.24. The van der Waals surface area contributed by atoms with Crippen LogP contribution in [-0.4, -0.2) is 48.3 Å². The number of hydrogen-bond donors (Lipinski definition) is 2. The molecule has 4 rings (SSSR count). The van der Waals surface area contributed by atoms with Crippen LogP contribution in [0.3, 0.4) is 0 Å². The van der Waals surface area contributed by atoms with E-state index in [0.29, 0.717) is 25.6 Å². The molecule has 0 aliphatic heterocycles. The summed E-state index contributed by atoms with van der Waals surface area (Å²) in [4.78, 5) is 18.4. The van der Waals surface area contributed by atoms with Gasteiger partial charge < -0.3 is 10.1 Å². The second-order valence-corrected chi connectivity index (χ2v) is 9.83. The summed E-state index contributed by atoms with van der Waals surface area (Å²) in [5, 5.41) is 23.5. The minimum atomic E-state index is -0.0682. The van der Waals surface area contributed by atoms with Gasteiger partial charge in [0.25, 0.3) is 5.56 Å². The molecule has 2 N–H and O–H groups in total. The van der Waals surface area contributed by atoms with E-state index in [9.17, 15) is 9.90 Å². The molecule has 1 fully saturated rings. The summed E-state index contributed by atoms with van der Waals surface area (Å²) in [6.07, 6.45) is 5.23. The van der Waals surface area contributed by atoms with Crippen LogP contribution in [0.15, 0.2) is 23.0 Å². The van der Waals surface area contributed by atoms with E-state index in [0.717, 1.165) is 40.7 Å². The minimum Gasteiger partial charge on any atom is -0.396 e. The second-order valence-electron chi connectivity index (χ2n) is 9.83. The van der Waals surface area contributed by atoms with Crippen LogP contribution in [0.25, 0.3) is 10.9 Å². The first-order chi connectivity index (χ1) is 15.9. The maximum absolute atomic E-state index is 13.1. The van der Waals surface area contributed by atoms with Crippen molar-refractivity contribution in [2.45, 2.75) is 78.4 Å². The van der Waals surface area contributed by atoms with Crippen molar-refractivity contribution >= 4 is 10.9 Å². The number of hydrogen-bond acceptors (Lipinski definition) is 6. The highest BCUT2D eigenvalue weighted by Gasteiger charge is 2.32. The summed E-state index contributed by atoms with van der Waals surface area (Å²) in [6, 6.07) is 6.49. The van der Waals surface area contributed by atoms with Crippen LogP contribution < -0.4 is 5.56 Å². The van der Waals surface area contributed by atoms with Crippen LogP contribution >= 0.6 is 0 Å². The molecule has 178 valence electrons. The Hall–Kier alpha value is -2.58. The Bertz CT molecular complexity index is 1150. The third-order valence-electron chi connectivity index (χ3n) is 6.83. The Labute approximate surface area is 195 Å². The molecule has 0 unspecified atom stereocenters. The third kappa shape index (κ3) is 5.01. The van der Waals surface area contributed by atoms with Gasteiger partial charge in [0.15, 0.2) is 5.82 Å². The molecule has 2 aromatic heterocycles. The van der Waals surface area contributed by atoms with Gasteiger partial charge in [0, 0.05) is 25.3 Å². The lowest BCUT2D eigenvalue weighted by Crippen LogP contribution is -2.37. The lowest BCUT2D eigenvalue weighted by Gasteiger charge is -2.34. The number of nitrogens with zero attached hydrogens (tertiary/aromatic N) is 5. The first-order valence-corrected chi connectivity index (χ1v) is 12.1. The predicted octanol–water partition coefficient (Wildman–Crippen LogP) is 3.83. The van der Waals surface area contributed by atoms with E-state index in [1.807, 2.05) is 17.7 Å². The van der Waals surface area contributed by atoms with Crippen molar-refractivity contribution < 1.29 is 5.11 Å². The van der Waals surface area contributed by atoms with Crippen LogP contribution in [0.2, 0.25) is 0 Å². The molecule has 0 saturated heterocycles. The van der Waals surface area contributed by atoms with Crippen LogP contribution in [0, 0.1) is 19.8 Å². The van der Waals surface area contributed by atoms with E-state index in [-0.39, 0.29) is 24.1 Å². The van der Waals surface area contributed by atoms with Crippen molar-refractivity contribution in [2.75, 3.05) is 13.2 Å². The number of pyridine rings is 1. The van der Waals surface area contributed by atoms with Gasteiger partial charge in [0.2, 0.25) is 0 Å². The normalized spacial score (nSPS) is 15.8. The van der Waals surface area contributed by atoms with Gasteiger partial charge in [-0.15, -0.1) is 5.10 Å². The summed E-state index contributed by atoms with van der Waals surface area (Å²) >= 11 is 0. The second kappa shape index (κ2) is 10.1. The Morgan fingerprint density at radius 1 is 1.21 bits per heavy atom. The van der Waals surface area contributed by atoms with Crippen LogP contribution in [0.5, 0.6) is 0 Å². The van der Waals surface area contributed by atoms with Gasteiger partial charge in [0.05, 0.1) is 17.6 Å². The van der Waals surface area contributed by atoms with E-state index in [4.69, 9.17) is 0 Å². The van der Waals surface area contributed by atoms with Crippen molar-refractivity contribution in [1.82, 2.24) is 30.1 Å². The zero-order valence-electron chi connectivity index (χ0n) is 20.2. The third-order valence-corrected chi connectivity index (χ3v) is 6.83. The Balaban J connectivity index is 1.72. The average molecular weight is 453 g/mol. The fourth-order valence-corrected chi connectivity index (χ4v) is 5.35. The zero-order valence-corrected chi connectivity index (χ0v) is 20.2. The van der Waals surface area contributed by atoms with Crippen molar-refractivity contribution in [3.05, 3.63) is 51.1 Å². The number of aromatic nitrogens is 5. The molecule has 8 heteroatoms. The number of rotatable bonds is 9. The molecule has 1 atom stereocenters. The first kappa shape index (κ1) is 23.6. The van der Waals surface area contributed by atoms with Gasteiger partial charge in [-0.05, 0) is 72.5 Å². The first-order valence-electron chi connectivity index (χ1n) is 12.1. The largest absolute Gasteiger partial charge is 0.396 e. The fraction of sp³-hybridized carbons (Fsp3) is 0.600. The smallest absolute Gasteiger partial charge is 0.252 e. The molecular weight excluding hydrogens is 416 g/mol. The number of fused-ring (bicyclic) bond motifs is 1. The van der Waals surface area contributed by atoms with Gasteiger partial charge in [-0.2, -0.15) is 0 Å². The standard InChI is InChI=1S/C25H36N6O2/c1-16(2)23(24-27-28-29-31(24)21-8-5-6-9-21)30(10-7-11-32)15-20-14-19-13-17(3)12-18(4)22(19)26-25(20)33/h12-14,16,21,23,32H,5-11,15H2,1-4H3,(H,26,33)/t23-/m1/s1. The van der Waals surface area contributed by atoms with Crippen molar-refractivity contribution in [3.8, 4) is 0 Å². The number of aromatic amines is 1. The summed E-state index contributed by atoms with van der Waals surface area (Å²) < 4.78 is 2.01. The summed E-state index contributed by atoms with van der Waals surface area (Å²) in [7, 11) is 0. The van der Waals surface area contributed by atoms with E-state index >= 15 is 0 Å². The van der Waals surface area contributed by atoms with Gasteiger partial charge in [-0.1, -0.05) is 38.3 Å². The topological polar surface area (TPSA) is 99.9 Å². The molecule has 3 aromatic rings. The minimum absolute atomic E-state index is 0.0542. The van der Waals surface area contributed by atoms with Gasteiger partial charge in [0.1, 0.15) is 0 Å². The van der Waals surface area contributed by atoms with Crippen LogP contribution in [-0.2, 0) is 6.54 Å². The molecule has 1 aromatic carbocycles. The zero-order chi connectivity index (χ0) is 23.5. The quantitative estimate of drug-likeness (QED) is 0.512. The lowest BCUT2D eigenvalue weighted by atomic mass is 9.99. The average Bonchev–Trinajstić information content (AvgIpc) is 3.44. The number of H-pyrrole nitrogens is 1. The number of tetrazole rings is 1. The van der Waals surface area contributed by atoms with Gasteiger partial charge in [-0.3, -0.25) is 9.69 Å². The summed E-state index contributed by atoms with van der Waals surface area (Å²) in [6.45, 7) is 9.66. The van der Waals surface area contributed by atoms with Crippen LogP contribution in [0.4, 0.5) is 0 Å². The molecule has 8 nitrogen and oxygen atoms in total. The molecule has 1 aliphatic rings. The summed E-state index contributed by atoms with van der Waals surface area (Å²) in [5.41, 5.74) is 3.78. The predicted molar refractivity (Wildman–Crippen MR) is 129 cm³/mol. The highest BCUT2D eigenvalue weighted by Crippen LogP contribution is 2.34. The van der Waals surface area contributed by atoms with E-state index in [1.54, 1.807) is 0 Å². The molecule has 33 heavy (non-hydrogen) atoms. The summed E-state index contributed by atoms with van der Waals surface area (Å²) in [5.74, 6) is 1.10. The Morgan fingerprint density at radius 3 is 2.67 bits per heavy atom. The number of benzene rings is 1. The molecule has 0 radical (unpaired) electrons. The maximum Gasteiger partial charge on any atom is 0.252 e. The molecular formula is C25H36N6O2. The van der Waals surface area contributed by atoms with Gasteiger partial charge >= 0.3 is 0 Å². The molecule has 2 heterocycles. The van der Waals surface area contributed by atoms with E-state index in [2.05, 4.69) is 58.3 Å². The number of aliphatic hydroxyl groups excluding tert-OH is 1. The van der Waals surface area contributed by atoms with Crippen molar-refractivity contribution in [1.29, 1.82) is 0 Å². The molecule has 0 bridgehead atoms. The van der Waals surface area contributed by atoms with Crippen LogP contribution in [0.1, 0.15) is 80.6 Å². The Morgan fingerprint density at radius 2 is 1.97 bits per heavy atom. The maximum atomic E-state index is 13.1. The molecule has 0 spiro atoms. The highest BCUT2D eigenvalue weighted by molar-refractivity contribution is 5.82. The number of aliphatic hydroxyl groups is 1. The van der Waals surface area contributed by atoms with E-state index < -0.39 is 0 Å². The monoisotopic (exact) mass is 452 g/mol. The number of aryl methyl sites for hydroxylation is 2. The van der Waals surface area contributed by atoms with Crippen molar-refractivity contribution in [3.63, 3.8) is 0 Å². The molecule has 1 saturated carbocycles. The fourth-order valence-electron chi connectivity index (χ4n) is 5.35. The van der Waals surface area contributed by atoms with E-state index in [1.165, 1.54) is 18.4 Å². The highest BCUT2D eigenvalue weighted by atomic mass is 16.3. The van der Waals surface area contributed by atoms with Gasteiger partial charge in [-0.25, -0.2) is 4.68 Å². The van der Waals surface area contributed by atoms with Crippen molar-refractivity contribution in [2.24, 2.45) is 5.92 Å². The molecule has 0 amide bonds.